The van der Waals surface area contributed by atoms with E-state index in [0.717, 1.165) is 18.7 Å². The number of nitrogens with zero attached hydrogens (tertiary/aromatic N) is 2. The number of amides is 1. The number of hydrogen-bond donors (Lipinski definition) is 0. The third kappa shape index (κ3) is 3.87. The molecular formula is C20H22F2N2O. The summed E-state index contributed by atoms with van der Waals surface area (Å²) in [6.45, 7) is 6.13. The number of rotatable bonds is 3. The SMILES string of the molecule is CC1CN(C(=O)c2ccc(F)c(F)c2)CC(C)N1Cc1ccccc1. The van der Waals surface area contributed by atoms with Gasteiger partial charge in [-0.1, -0.05) is 30.3 Å². The summed E-state index contributed by atoms with van der Waals surface area (Å²) in [5.74, 6) is -2.18. The minimum Gasteiger partial charge on any atom is -0.336 e. The minimum absolute atomic E-state index is 0.179. The molecule has 1 saturated heterocycles. The summed E-state index contributed by atoms with van der Waals surface area (Å²) in [7, 11) is 0. The van der Waals surface area contributed by atoms with E-state index in [9.17, 15) is 13.6 Å². The van der Waals surface area contributed by atoms with Gasteiger partial charge in [-0.05, 0) is 37.6 Å². The van der Waals surface area contributed by atoms with E-state index in [1.54, 1.807) is 4.90 Å². The fraction of sp³-hybridized carbons (Fsp3) is 0.350. The average molecular weight is 344 g/mol. The van der Waals surface area contributed by atoms with E-state index in [2.05, 4.69) is 30.9 Å². The zero-order chi connectivity index (χ0) is 18.0. The molecule has 1 fully saturated rings. The predicted octanol–water partition coefficient (Wildman–Crippen LogP) is 3.70. The molecule has 0 saturated carbocycles. The van der Waals surface area contributed by atoms with Crippen LogP contribution in [-0.2, 0) is 6.54 Å². The molecule has 5 heteroatoms. The number of carbonyl (C=O) groups is 1. The maximum Gasteiger partial charge on any atom is 0.254 e. The van der Waals surface area contributed by atoms with Crippen molar-refractivity contribution >= 4 is 5.91 Å². The third-order valence-corrected chi connectivity index (χ3v) is 4.76. The van der Waals surface area contributed by atoms with Crippen LogP contribution in [0.1, 0.15) is 29.8 Å². The van der Waals surface area contributed by atoms with Crippen LogP contribution in [0.2, 0.25) is 0 Å². The van der Waals surface area contributed by atoms with Gasteiger partial charge in [-0.15, -0.1) is 0 Å². The highest BCUT2D eigenvalue weighted by Gasteiger charge is 2.32. The molecule has 1 amide bonds. The molecule has 0 radical (unpaired) electrons. The van der Waals surface area contributed by atoms with Gasteiger partial charge in [0.1, 0.15) is 0 Å². The van der Waals surface area contributed by atoms with Gasteiger partial charge < -0.3 is 4.90 Å². The summed E-state index contributed by atoms with van der Waals surface area (Å²) in [5, 5.41) is 0. The Morgan fingerprint density at radius 2 is 1.64 bits per heavy atom. The smallest absolute Gasteiger partial charge is 0.254 e. The normalized spacial score (nSPS) is 21.4. The quantitative estimate of drug-likeness (QED) is 0.848. The first-order valence-electron chi connectivity index (χ1n) is 8.49. The molecule has 0 N–H and O–H groups in total. The van der Waals surface area contributed by atoms with E-state index in [-0.39, 0.29) is 23.6 Å². The van der Waals surface area contributed by atoms with Gasteiger partial charge in [-0.3, -0.25) is 9.69 Å². The number of piperazine rings is 1. The Morgan fingerprint density at radius 1 is 1.00 bits per heavy atom. The van der Waals surface area contributed by atoms with Crippen LogP contribution in [0.15, 0.2) is 48.5 Å². The molecule has 3 nitrogen and oxygen atoms in total. The highest BCUT2D eigenvalue weighted by molar-refractivity contribution is 5.94. The second kappa shape index (κ2) is 7.31. The molecule has 0 aliphatic carbocycles. The lowest BCUT2D eigenvalue weighted by Gasteiger charge is -2.44. The van der Waals surface area contributed by atoms with Crippen molar-refractivity contribution in [3.63, 3.8) is 0 Å². The molecule has 2 atom stereocenters. The highest BCUT2D eigenvalue weighted by atomic mass is 19.2. The lowest BCUT2D eigenvalue weighted by molar-refractivity contribution is 0.0269. The molecule has 1 heterocycles. The molecule has 2 aromatic rings. The summed E-state index contributed by atoms with van der Waals surface area (Å²) >= 11 is 0. The molecule has 2 aromatic carbocycles. The number of halogens is 2. The van der Waals surface area contributed by atoms with E-state index in [4.69, 9.17) is 0 Å². The van der Waals surface area contributed by atoms with Gasteiger partial charge in [0.25, 0.3) is 5.91 Å². The van der Waals surface area contributed by atoms with Crippen LogP contribution >= 0.6 is 0 Å². The van der Waals surface area contributed by atoms with Crippen molar-refractivity contribution in [2.45, 2.75) is 32.5 Å². The van der Waals surface area contributed by atoms with E-state index < -0.39 is 11.6 Å². The first-order chi connectivity index (χ1) is 12.0. The number of carbonyl (C=O) groups excluding carboxylic acids is 1. The third-order valence-electron chi connectivity index (χ3n) is 4.76. The molecule has 3 rings (SSSR count). The largest absolute Gasteiger partial charge is 0.336 e. The molecule has 0 spiro atoms. The van der Waals surface area contributed by atoms with Gasteiger partial charge in [-0.2, -0.15) is 0 Å². The lowest BCUT2D eigenvalue weighted by atomic mass is 10.0. The molecule has 132 valence electrons. The Kier molecular flexibility index (Phi) is 5.13. The van der Waals surface area contributed by atoms with Gasteiger partial charge in [-0.25, -0.2) is 8.78 Å². The second-order valence-corrected chi connectivity index (χ2v) is 6.69. The second-order valence-electron chi connectivity index (χ2n) is 6.69. The Labute approximate surface area is 146 Å². The lowest BCUT2D eigenvalue weighted by Crippen LogP contribution is -2.57. The van der Waals surface area contributed by atoms with Gasteiger partial charge in [0.15, 0.2) is 11.6 Å². The van der Waals surface area contributed by atoms with Gasteiger partial charge >= 0.3 is 0 Å². The van der Waals surface area contributed by atoms with Crippen molar-refractivity contribution in [3.8, 4) is 0 Å². The molecule has 25 heavy (non-hydrogen) atoms. The first kappa shape index (κ1) is 17.5. The first-order valence-corrected chi connectivity index (χ1v) is 8.49. The Balaban J connectivity index is 1.70. The summed E-state index contributed by atoms with van der Waals surface area (Å²) < 4.78 is 26.5. The van der Waals surface area contributed by atoms with Crippen LogP contribution < -0.4 is 0 Å². The summed E-state index contributed by atoms with van der Waals surface area (Å²) in [5.41, 5.74) is 1.43. The maximum atomic E-state index is 13.4. The van der Waals surface area contributed by atoms with E-state index >= 15 is 0 Å². The Hall–Kier alpha value is -2.27. The fourth-order valence-electron chi connectivity index (χ4n) is 3.44. The van der Waals surface area contributed by atoms with Gasteiger partial charge in [0.2, 0.25) is 0 Å². The molecule has 0 bridgehead atoms. The van der Waals surface area contributed by atoms with Crippen molar-refractivity contribution in [2.24, 2.45) is 0 Å². The summed E-state index contributed by atoms with van der Waals surface area (Å²) in [6.07, 6.45) is 0. The van der Waals surface area contributed by atoms with Crippen molar-refractivity contribution in [3.05, 3.63) is 71.3 Å². The van der Waals surface area contributed by atoms with Gasteiger partial charge in [0, 0.05) is 37.3 Å². The Morgan fingerprint density at radius 3 is 2.24 bits per heavy atom. The molecule has 1 aliphatic heterocycles. The van der Waals surface area contributed by atoms with E-state index in [1.165, 1.54) is 11.6 Å². The van der Waals surface area contributed by atoms with E-state index in [1.807, 2.05) is 18.2 Å². The predicted molar refractivity (Wildman–Crippen MR) is 93.2 cm³/mol. The summed E-state index contributed by atoms with van der Waals surface area (Å²) in [6, 6.07) is 13.9. The van der Waals surface area contributed by atoms with Crippen LogP contribution in [0, 0.1) is 11.6 Å². The highest BCUT2D eigenvalue weighted by Crippen LogP contribution is 2.21. The minimum atomic E-state index is -0.991. The Bertz CT molecular complexity index is 739. The van der Waals surface area contributed by atoms with Crippen molar-refractivity contribution in [2.75, 3.05) is 13.1 Å². The van der Waals surface area contributed by atoms with Gasteiger partial charge in [0.05, 0.1) is 0 Å². The van der Waals surface area contributed by atoms with Crippen LogP contribution in [0.4, 0.5) is 8.78 Å². The maximum absolute atomic E-state index is 13.4. The average Bonchev–Trinajstić information content (AvgIpc) is 2.60. The van der Waals surface area contributed by atoms with E-state index in [0.29, 0.717) is 13.1 Å². The summed E-state index contributed by atoms with van der Waals surface area (Å²) in [4.78, 5) is 16.7. The number of hydrogen-bond acceptors (Lipinski definition) is 2. The van der Waals surface area contributed by atoms with Crippen LogP contribution in [0.3, 0.4) is 0 Å². The monoisotopic (exact) mass is 344 g/mol. The molecule has 2 unspecified atom stereocenters. The van der Waals surface area contributed by atoms with Crippen molar-refractivity contribution in [1.29, 1.82) is 0 Å². The molecule has 0 aromatic heterocycles. The fourth-order valence-corrected chi connectivity index (χ4v) is 3.44. The van der Waals surface area contributed by atoms with Crippen molar-refractivity contribution < 1.29 is 13.6 Å². The standard InChI is InChI=1S/C20H22F2N2O/c1-14-11-23(20(25)17-8-9-18(21)19(22)10-17)12-15(2)24(14)13-16-6-4-3-5-7-16/h3-10,14-15H,11-13H2,1-2H3. The zero-order valence-corrected chi connectivity index (χ0v) is 14.5. The molecule has 1 aliphatic rings. The topological polar surface area (TPSA) is 23.6 Å². The van der Waals surface area contributed by atoms with Crippen LogP contribution in [-0.4, -0.2) is 40.9 Å². The zero-order valence-electron chi connectivity index (χ0n) is 14.5. The van der Waals surface area contributed by atoms with Crippen LogP contribution in [0.25, 0.3) is 0 Å². The molecular weight excluding hydrogens is 322 g/mol. The van der Waals surface area contributed by atoms with Crippen LogP contribution in [0.5, 0.6) is 0 Å². The van der Waals surface area contributed by atoms with Crippen molar-refractivity contribution in [1.82, 2.24) is 9.80 Å². The number of benzene rings is 2.